The fourth-order valence-corrected chi connectivity index (χ4v) is 3.89. The van der Waals surface area contributed by atoms with Crippen molar-refractivity contribution in [2.24, 2.45) is 0 Å². The Morgan fingerprint density at radius 1 is 1.00 bits per heavy atom. The van der Waals surface area contributed by atoms with Gasteiger partial charge in [-0.2, -0.15) is 4.31 Å². The van der Waals surface area contributed by atoms with Crippen molar-refractivity contribution >= 4 is 16.0 Å². The zero-order valence-electron chi connectivity index (χ0n) is 14.8. The summed E-state index contributed by atoms with van der Waals surface area (Å²) in [5, 5.41) is 0. The standard InChI is InChI=1S/C18H21NO6S/c1-23-15-9-10-16(24-2)17(11-15)26(21,22)19(13-18(20)25-3)12-14-7-5-4-6-8-14/h4-11H,12-13H2,1-3H3. The summed E-state index contributed by atoms with van der Waals surface area (Å²) >= 11 is 0. The van der Waals surface area contributed by atoms with Gasteiger partial charge in [-0.3, -0.25) is 4.79 Å². The highest BCUT2D eigenvalue weighted by molar-refractivity contribution is 7.89. The van der Waals surface area contributed by atoms with Crippen molar-refractivity contribution in [1.82, 2.24) is 4.31 Å². The van der Waals surface area contributed by atoms with Gasteiger partial charge in [-0.15, -0.1) is 0 Å². The van der Waals surface area contributed by atoms with E-state index in [-0.39, 0.29) is 17.2 Å². The zero-order chi connectivity index (χ0) is 19.2. The number of methoxy groups -OCH3 is 3. The average Bonchev–Trinajstić information content (AvgIpc) is 2.67. The van der Waals surface area contributed by atoms with E-state index in [2.05, 4.69) is 4.74 Å². The van der Waals surface area contributed by atoms with E-state index in [1.807, 2.05) is 6.07 Å². The topological polar surface area (TPSA) is 82.1 Å². The number of hydrogen-bond acceptors (Lipinski definition) is 6. The first-order valence-corrected chi connectivity index (χ1v) is 9.19. The molecule has 2 aromatic rings. The highest BCUT2D eigenvalue weighted by Crippen LogP contribution is 2.31. The van der Waals surface area contributed by atoms with E-state index < -0.39 is 22.5 Å². The van der Waals surface area contributed by atoms with Crippen LogP contribution in [0.3, 0.4) is 0 Å². The highest BCUT2D eigenvalue weighted by atomic mass is 32.2. The van der Waals surface area contributed by atoms with Crippen LogP contribution in [0.4, 0.5) is 0 Å². The van der Waals surface area contributed by atoms with Gasteiger partial charge in [0.15, 0.2) is 0 Å². The van der Waals surface area contributed by atoms with Gasteiger partial charge in [0.1, 0.15) is 22.9 Å². The molecule has 0 heterocycles. The predicted octanol–water partition coefficient (Wildman–Crippen LogP) is 2.07. The maximum Gasteiger partial charge on any atom is 0.321 e. The monoisotopic (exact) mass is 379 g/mol. The number of hydrogen-bond donors (Lipinski definition) is 0. The molecule has 8 heteroatoms. The molecule has 2 aromatic carbocycles. The number of sulfonamides is 1. The van der Waals surface area contributed by atoms with E-state index in [1.54, 1.807) is 30.3 Å². The molecule has 7 nitrogen and oxygen atoms in total. The molecule has 0 bridgehead atoms. The molecule has 26 heavy (non-hydrogen) atoms. The Balaban J connectivity index is 2.49. The molecule has 2 rings (SSSR count). The van der Waals surface area contributed by atoms with Crippen LogP contribution in [0.1, 0.15) is 5.56 Å². The van der Waals surface area contributed by atoms with E-state index >= 15 is 0 Å². The zero-order valence-corrected chi connectivity index (χ0v) is 15.7. The lowest BCUT2D eigenvalue weighted by Gasteiger charge is -2.22. The largest absolute Gasteiger partial charge is 0.497 e. The molecule has 0 aromatic heterocycles. The normalized spacial score (nSPS) is 11.2. The molecule has 0 N–H and O–H groups in total. The first-order valence-electron chi connectivity index (χ1n) is 7.75. The summed E-state index contributed by atoms with van der Waals surface area (Å²) in [4.78, 5) is 11.7. The Morgan fingerprint density at radius 2 is 1.69 bits per heavy atom. The third kappa shape index (κ3) is 4.53. The summed E-state index contributed by atoms with van der Waals surface area (Å²) in [5.41, 5.74) is 0.738. The van der Waals surface area contributed by atoms with Crippen molar-refractivity contribution in [1.29, 1.82) is 0 Å². The summed E-state index contributed by atoms with van der Waals surface area (Å²) in [5.74, 6) is -0.137. The molecule has 0 saturated carbocycles. The first-order chi connectivity index (χ1) is 12.4. The van der Waals surface area contributed by atoms with Crippen LogP contribution in [0.5, 0.6) is 11.5 Å². The van der Waals surface area contributed by atoms with E-state index in [0.29, 0.717) is 5.75 Å². The summed E-state index contributed by atoms with van der Waals surface area (Å²) in [6.45, 7) is -0.410. The second-order valence-electron chi connectivity index (χ2n) is 5.35. The first kappa shape index (κ1) is 19.7. The number of carbonyl (C=O) groups excluding carboxylic acids is 1. The molecule has 0 aliphatic rings. The molecule has 0 spiro atoms. The summed E-state index contributed by atoms with van der Waals surface area (Å²) in [6, 6.07) is 13.4. The third-order valence-electron chi connectivity index (χ3n) is 3.72. The number of ether oxygens (including phenoxy) is 3. The molecular weight excluding hydrogens is 358 g/mol. The number of nitrogens with zero attached hydrogens (tertiary/aromatic N) is 1. The third-order valence-corrected chi connectivity index (χ3v) is 5.54. The van der Waals surface area contributed by atoms with Gasteiger partial charge in [0, 0.05) is 12.6 Å². The van der Waals surface area contributed by atoms with Crippen molar-refractivity contribution in [3.63, 3.8) is 0 Å². The Kier molecular flexibility index (Phi) is 6.59. The summed E-state index contributed by atoms with van der Waals surface area (Å²) in [7, 11) is -0.0256. The molecule has 0 aliphatic heterocycles. The molecular formula is C18H21NO6S. The van der Waals surface area contributed by atoms with Gasteiger partial charge in [-0.1, -0.05) is 30.3 Å². The Morgan fingerprint density at radius 3 is 2.27 bits per heavy atom. The van der Waals surface area contributed by atoms with E-state index in [9.17, 15) is 13.2 Å². The van der Waals surface area contributed by atoms with Crippen LogP contribution in [-0.2, 0) is 26.1 Å². The number of benzene rings is 2. The molecule has 0 saturated heterocycles. The van der Waals surface area contributed by atoms with Crippen LogP contribution in [0.2, 0.25) is 0 Å². The Hall–Kier alpha value is -2.58. The van der Waals surface area contributed by atoms with Gasteiger partial charge >= 0.3 is 5.97 Å². The minimum absolute atomic E-state index is 0.0125. The molecule has 0 unspecified atom stereocenters. The average molecular weight is 379 g/mol. The molecule has 0 amide bonds. The van der Waals surface area contributed by atoms with Crippen LogP contribution in [0, 0.1) is 0 Å². The maximum atomic E-state index is 13.2. The molecule has 140 valence electrons. The Labute approximate surface area is 153 Å². The van der Waals surface area contributed by atoms with Crippen molar-refractivity contribution in [3.8, 4) is 11.5 Å². The Bertz CT molecular complexity index is 851. The van der Waals surface area contributed by atoms with Gasteiger partial charge in [-0.25, -0.2) is 8.42 Å². The van der Waals surface area contributed by atoms with E-state index in [0.717, 1.165) is 9.87 Å². The van der Waals surface area contributed by atoms with Crippen LogP contribution in [0.25, 0.3) is 0 Å². The lowest BCUT2D eigenvalue weighted by molar-refractivity contribution is -0.140. The SMILES string of the molecule is COC(=O)CN(Cc1ccccc1)S(=O)(=O)c1cc(OC)ccc1OC. The fourth-order valence-electron chi connectivity index (χ4n) is 2.35. The number of esters is 1. The smallest absolute Gasteiger partial charge is 0.321 e. The van der Waals surface area contributed by atoms with E-state index in [4.69, 9.17) is 9.47 Å². The molecule has 0 atom stereocenters. The van der Waals surface area contributed by atoms with Gasteiger partial charge < -0.3 is 14.2 Å². The lowest BCUT2D eigenvalue weighted by Crippen LogP contribution is -2.36. The fraction of sp³-hybridized carbons (Fsp3) is 0.278. The van der Waals surface area contributed by atoms with Crippen molar-refractivity contribution in [2.75, 3.05) is 27.9 Å². The molecule has 0 fully saturated rings. The van der Waals surface area contributed by atoms with Gasteiger partial charge in [0.05, 0.1) is 21.3 Å². The lowest BCUT2D eigenvalue weighted by atomic mass is 10.2. The second-order valence-corrected chi connectivity index (χ2v) is 7.26. The van der Waals surface area contributed by atoms with E-state index in [1.165, 1.54) is 33.5 Å². The highest BCUT2D eigenvalue weighted by Gasteiger charge is 2.30. The van der Waals surface area contributed by atoms with Crippen molar-refractivity contribution in [3.05, 3.63) is 54.1 Å². The van der Waals surface area contributed by atoms with Crippen LogP contribution < -0.4 is 9.47 Å². The predicted molar refractivity (Wildman–Crippen MR) is 95.6 cm³/mol. The maximum absolute atomic E-state index is 13.2. The second kappa shape index (κ2) is 8.68. The minimum Gasteiger partial charge on any atom is -0.497 e. The van der Waals surface area contributed by atoms with Crippen LogP contribution >= 0.6 is 0 Å². The van der Waals surface area contributed by atoms with Crippen LogP contribution in [-0.4, -0.2) is 46.6 Å². The quantitative estimate of drug-likeness (QED) is 0.653. The van der Waals surface area contributed by atoms with Gasteiger partial charge in [0.25, 0.3) is 0 Å². The van der Waals surface area contributed by atoms with Crippen LogP contribution in [0.15, 0.2) is 53.4 Å². The van der Waals surface area contributed by atoms with Gasteiger partial charge in [-0.05, 0) is 17.7 Å². The summed E-state index contributed by atoms with van der Waals surface area (Å²) in [6.07, 6.45) is 0. The van der Waals surface area contributed by atoms with Crippen molar-refractivity contribution < 1.29 is 27.4 Å². The van der Waals surface area contributed by atoms with Crippen molar-refractivity contribution in [2.45, 2.75) is 11.4 Å². The number of rotatable bonds is 8. The molecule has 0 radical (unpaired) electrons. The minimum atomic E-state index is -4.05. The number of carbonyl (C=O) groups is 1. The van der Waals surface area contributed by atoms with Gasteiger partial charge in [0.2, 0.25) is 10.0 Å². The molecule has 0 aliphatic carbocycles. The summed E-state index contributed by atoms with van der Waals surface area (Å²) < 4.78 is 42.4.